The number of piperazine rings is 1. The lowest BCUT2D eigenvalue weighted by Crippen LogP contribution is -2.48. The van der Waals surface area contributed by atoms with Crippen LogP contribution in [0.4, 0.5) is 0 Å². The summed E-state index contributed by atoms with van der Waals surface area (Å²) >= 11 is 0. The van der Waals surface area contributed by atoms with E-state index < -0.39 is 0 Å². The first-order chi connectivity index (χ1) is 9.22. The third-order valence-electron chi connectivity index (χ3n) is 5.07. The predicted molar refractivity (Wildman–Crippen MR) is 79.4 cm³/mol. The highest BCUT2D eigenvalue weighted by Gasteiger charge is 2.27. The van der Waals surface area contributed by atoms with E-state index in [1.807, 2.05) is 0 Å². The molecule has 0 aliphatic carbocycles. The zero-order valence-electron chi connectivity index (χ0n) is 12.7. The molecule has 4 heteroatoms. The van der Waals surface area contributed by atoms with Crippen molar-refractivity contribution in [2.24, 2.45) is 11.8 Å². The van der Waals surface area contributed by atoms with E-state index in [0.717, 1.165) is 12.5 Å². The van der Waals surface area contributed by atoms with Crippen LogP contribution in [0.5, 0.6) is 0 Å². The normalized spacial score (nSPS) is 26.7. The summed E-state index contributed by atoms with van der Waals surface area (Å²) in [4.78, 5) is 7.47. The van der Waals surface area contributed by atoms with Gasteiger partial charge >= 0.3 is 0 Å². The van der Waals surface area contributed by atoms with E-state index in [-0.39, 0.29) is 0 Å². The van der Waals surface area contributed by atoms with Crippen molar-refractivity contribution in [3.8, 4) is 0 Å². The van der Waals surface area contributed by atoms with Gasteiger partial charge in [-0.2, -0.15) is 0 Å². The maximum absolute atomic E-state index is 9.73. The van der Waals surface area contributed by atoms with Crippen molar-refractivity contribution in [1.82, 2.24) is 14.7 Å². The van der Waals surface area contributed by atoms with E-state index in [1.165, 1.54) is 58.7 Å². The van der Waals surface area contributed by atoms with Crippen molar-refractivity contribution >= 4 is 0 Å². The summed E-state index contributed by atoms with van der Waals surface area (Å²) in [5.41, 5.74) is 0. The summed E-state index contributed by atoms with van der Waals surface area (Å²) in [6.45, 7) is 12.0. The Morgan fingerprint density at radius 2 is 1.63 bits per heavy atom. The zero-order chi connectivity index (χ0) is 13.7. The van der Waals surface area contributed by atoms with Crippen molar-refractivity contribution in [2.75, 3.05) is 66.0 Å². The molecule has 2 rings (SSSR count). The van der Waals surface area contributed by atoms with Gasteiger partial charge in [0.15, 0.2) is 0 Å². The van der Waals surface area contributed by atoms with Gasteiger partial charge in [-0.25, -0.2) is 0 Å². The van der Waals surface area contributed by atoms with E-state index in [4.69, 9.17) is 0 Å². The summed E-state index contributed by atoms with van der Waals surface area (Å²) in [6, 6.07) is 0. The Balaban J connectivity index is 1.77. The average molecular weight is 269 g/mol. The highest BCUT2D eigenvalue weighted by Crippen LogP contribution is 2.25. The lowest BCUT2D eigenvalue weighted by molar-refractivity contribution is 0.0626. The van der Waals surface area contributed by atoms with Crippen LogP contribution in [0.1, 0.15) is 19.8 Å². The van der Waals surface area contributed by atoms with Crippen molar-refractivity contribution in [3.63, 3.8) is 0 Å². The monoisotopic (exact) mass is 269 g/mol. The highest BCUT2D eigenvalue weighted by atomic mass is 16.3. The first-order valence-corrected chi connectivity index (χ1v) is 7.97. The van der Waals surface area contributed by atoms with Gasteiger partial charge in [0.1, 0.15) is 0 Å². The summed E-state index contributed by atoms with van der Waals surface area (Å²) in [5.74, 6) is 1.22. The van der Waals surface area contributed by atoms with Gasteiger partial charge in [-0.15, -0.1) is 0 Å². The molecular weight excluding hydrogens is 238 g/mol. The molecule has 19 heavy (non-hydrogen) atoms. The van der Waals surface area contributed by atoms with Gasteiger partial charge in [-0.05, 0) is 51.4 Å². The van der Waals surface area contributed by atoms with Crippen LogP contribution in [0.25, 0.3) is 0 Å². The molecule has 1 atom stereocenters. The molecule has 2 heterocycles. The van der Waals surface area contributed by atoms with Gasteiger partial charge in [0.2, 0.25) is 0 Å². The van der Waals surface area contributed by atoms with E-state index in [1.54, 1.807) is 0 Å². The molecule has 0 aromatic carbocycles. The van der Waals surface area contributed by atoms with Gasteiger partial charge in [0, 0.05) is 39.3 Å². The molecule has 4 nitrogen and oxygen atoms in total. The maximum atomic E-state index is 9.73. The molecule has 2 saturated heterocycles. The number of likely N-dealkylation sites (tertiary alicyclic amines) is 1. The number of aliphatic hydroxyl groups excluding tert-OH is 1. The Morgan fingerprint density at radius 1 is 1.00 bits per heavy atom. The smallest absolute Gasteiger partial charge is 0.0474 e. The topological polar surface area (TPSA) is 30.0 Å². The Kier molecular flexibility index (Phi) is 6.07. The number of piperidine rings is 1. The fourth-order valence-electron chi connectivity index (χ4n) is 3.46. The molecule has 0 aromatic heterocycles. The lowest BCUT2D eigenvalue weighted by Gasteiger charge is -2.39. The molecule has 1 N–H and O–H groups in total. The fraction of sp³-hybridized carbons (Fsp3) is 1.00. The van der Waals surface area contributed by atoms with Gasteiger partial charge < -0.3 is 19.8 Å². The molecular formula is C15H31N3O. The molecule has 0 radical (unpaired) electrons. The largest absolute Gasteiger partial charge is 0.396 e. The van der Waals surface area contributed by atoms with Crippen molar-refractivity contribution in [1.29, 1.82) is 0 Å². The molecule has 0 bridgehead atoms. The first kappa shape index (κ1) is 15.2. The molecule has 1 unspecified atom stereocenters. The number of hydrogen-bond acceptors (Lipinski definition) is 4. The minimum atomic E-state index is 0.364. The Hall–Kier alpha value is -0.160. The van der Waals surface area contributed by atoms with E-state index in [2.05, 4.69) is 28.7 Å². The minimum Gasteiger partial charge on any atom is -0.396 e. The number of nitrogens with zero attached hydrogens (tertiary/aromatic N) is 3. The van der Waals surface area contributed by atoms with Gasteiger partial charge in [-0.1, -0.05) is 6.92 Å². The molecule has 112 valence electrons. The second-order valence-corrected chi connectivity index (χ2v) is 6.32. The number of hydrogen-bond donors (Lipinski definition) is 1. The number of likely N-dealkylation sites (N-methyl/N-ethyl adjacent to an activating group) is 1. The fourth-order valence-corrected chi connectivity index (χ4v) is 3.46. The van der Waals surface area contributed by atoms with Crippen molar-refractivity contribution in [3.05, 3.63) is 0 Å². The van der Waals surface area contributed by atoms with Crippen LogP contribution >= 0.6 is 0 Å². The van der Waals surface area contributed by atoms with Crippen LogP contribution in [0.2, 0.25) is 0 Å². The second kappa shape index (κ2) is 7.58. The van der Waals surface area contributed by atoms with E-state index >= 15 is 0 Å². The van der Waals surface area contributed by atoms with Crippen LogP contribution in [0.15, 0.2) is 0 Å². The van der Waals surface area contributed by atoms with Crippen molar-refractivity contribution in [2.45, 2.75) is 19.8 Å². The number of aliphatic hydroxyl groups is 1. The van der Waals surface area contributed by atoms with E-state index in [9.17, 15) is 5.11 Å². The Labute approximate surface area is 118 Å². The van der Waals surface area contributed by atoms with E-state index in [0.29, 0.717) is 12.5 Å². The summed E-state index contributed by atoms with van der Waals surface area (Å²) in [7, 11) is 2.20. The molecule has 0 amide bonds. The van der Waals surface area contributed by atoms with Crippen LogP contribution in [0, 0.1) is 11.8 Å². The Morgan fingerprint density at radius 3 is 2.16 bits per heavy atom. The molecule has 2 aliphatic heterocycles. The molecule has 0 spiro atoms. The lowest BCUT2D eigenvalue weighted by atomic mass is 9.84. The predicted octanol–water partition coefficient (Wildman–Crippen LogP) is 0.574. The summed E-state index contributed by atoms with van der Waals surface area (Å²) in [6.07, 6.45) is 2.54. The average Bonchev–Trinajstić information content (AvgIpc) is 2.47. The maximum Gasteiger partial charge on any atom is 0.0474 e. The quantitative estimate of drug-likeness (QED) is 0.790. The third kappa shape index (κ3) is 4.42. The van der Waals surface area contributed by atoms with Gasteiger partial charge in [0.05, 0.1) is 0 Å². The summed E-state index contributed by atoms with van der Waals surface area (Å²) < 4.78 is 0. The van der Waals surface area contributed by atoms with Gasteiger partial charge in [-0.3, -0.25) is 0 Å². The van der Waals surface area contributed by atoms with Crippen LogP contribution < -0.4 is 0 Å². The Bertz CT molecular complexity index is 246. The van der Waals surface area contributed by atoms with Crippen LogP contribution in [0.3, 0.4) is 0 Å². The van der Waals surface area contributed by atoms with Gasteiger partial charge in [0.25, 0.3) is 0 Å². The minimum absolute atomic E-state index is 0.364. The van der Waals surface area contributed by atoms with Crippen molar-refractivity contribution < 1.29 is 5.11 Å². The molecule has 0 aromatic rings. The SMILES string of the molecule is CCN1CCC(C(CO)CN2CCN(C)CC2)CC1. The third-order valence-corrected chi connectivity index (χ3v) is 5.07. The highest BCUT2D eigenvalue weighted by molar-refractivity contribution is 4.81. The molecule has 2 fully saturated rings. The standard InChI is InChI=1S/C15H31N3O/c1-3-17-6-4-14(5-7-17)15(13-19)12-18-10-8-16(2)9-11-18/h14-15,19H,3-13H2,1-2H3. The molecule has 0 saturated carbocycles. The van der Waals surface area contributed by atoms with Crippen LogP contribution in [-0.4, -0.2) is 85.8 Å². The van der Waals surface area contributed by atoms with Crippen LogP contribution in [-0.2, 0) is 0 Å². The summed E-state index contributed by atoms with van der Waals surface area (Å²) in [5, 5.41) is 9.73. The first-order valence-electron chi connectivity index (χ1n) is 7.97. The molecule has 2 aliphatic rings. The second-order valence-electron chi connectivity index (χ2n) is 6.32. The number of rotatable bonds is 5. The zero-order valence-corrected chi connectivity index (χ0v) is 12.7.